The Bertz CT molecular complexity index is 359. The summed E-state index contributed by atoms with van der Waals surface area (Å²) < 4.78 is 0. The Morgan fingerprint density at radius 2 is 2.18 bits per heavy atom. The Morgan fingerprint density at radius 3 is 2.65 bits per heavy atom. The van der Waals surface area contributed by atoms with Gasteiger partial charge in [-0.2, -0.15) is 0 Å². The predicted octanol–water partition coefficient (Wildman–Crippen LogP) is 1.85. The summed E-state index contributed by atoms with van der Waals surface area (Å²) in [5.41, 5.74) is 6.95. The van der Waals surface area contributed by atoms with Gasteiger partial charge < -0.3 is 10.6 Å². The van der Waals surface area contributed by atoms with Gasteiger partial charge in [0.25, 0.3) is 0 Å². The van der Waals surface area contributed by atoms with Gasteiger partial charge in [0.2, 0.25) is 5.91 Å². The first kappa shape index (κ1) is 13.5. The van der Waals surface area contributed by atoms with E-state index in [1.165, 1.54) is 0 Å². The van der Waals surface area contributed by atoms with Crippen LogP contribution in [-0.4, -0.2) is 28.4 Å². The van der Waals surface area contributed by atoms with Crippen LogP contribution in [-0.2, 0) is 11.2 Å². The fraction of sp³-hybridized carbons (Fsp3) is 0.538. The number of nitrogen functional groups attached to an aromatic ring is 1. The molecule has 0 bridgehead atoms. The van der Waals surface area contributed by atoms with Crippen LogP contribution in [0.3, 0.4) is 0 Å². The van der Waals surface area contributed by atoms with Crippen molar-refractivity contribution in [3.05, 3.63) is 24.0 Å². The molecule has 0 radical (unpaired) electrons. The molecule has 0 saturated carbocycles. The highest BCUT2D eigenvalue weighted by atomic mass is 16.2. The van der Waals surface area contributed by atoms with Gasteiger partial charge in [-0.15, -0.1) is 0 Å². The zero-order valence-corrected chi connectivity index (χ0v) is 10.8. The Labute approximate surface area is 103 Å². The molecular formula is C13H21N3O. The van der Waals surface area contributed by atoms with Gasteiger partial charge in [-0.3, -0.25) is 9.78 Å². The number of aromatic nitrogens is 1. The van der Waals surface area contributed by atoms with Crippen LogP contribution in [0.5, 0.6) is 0 Å². The maximum atomic E-state index is 12.1. The van der Waals surface area contributed by atoms with E-state index in [1.807, 2.05) is 18.7 Å². The van der Waals surface area contributed by atoms with Crippen molar-refractivity contribution in [2.75, 3.05) is 12.3 Å². The van der Waals surface area contributed by atoms with Crippen molar-refractivity contribution in [2.45, 2.75) is 39.7 Å². The number of rotatable bonds is 5. The monoisotopic (exact) mass is 235 g/mol. The lowest BCUT2D eigenvalue weighted by molar-refractivity contribution is -0.132. The SMILES string of the molecule is CCCN(C(=O)Cc1ccc(N)cn1)C(C)C. The van der Waals surface area contributed by atoms with Crippen LogP contribution < -0.4 is 5.73 Å². The lowest BCUT2D eigenvalue weighted by Crippen LogP contribution is -2.38. The number of anilines is 1. The van der Waals surface area contributed by atoms with Gasteiger partial charge in [0.05, 0.1) is 18.3 Å². The summed E-state index contributed by atoms with van der Waals surface area (Å²) in [6.45, 7) is 6.93. The molecule has 4 nitrogen and oxygen atoms in total. The van der Waals surface area contributed by atoms with E-state index >= 15 is 0 Å². The van der Waals surface area contributed by atoms with Gasteiger partial charge in [0.1, 0.15) is 0 Å². The Balaban J connectivity index is 2.66. The van der Waals surface area contributed by atoms with E-state index in [-0.39, 0.29) is 11.9 Å². The first-order valence-electron chi connectivity index (χ1n) is 6.04. The molecule has 1 aromatic rings. The Kier molecular flexibility index (Phi) is 4.94. The van der Waals surface area contributed by atoms with E-state index in [1.54, 1.807) is 18.3 Å². The third-order valence-corrected chi connectivity index (χ3v) is 2.59. The van der Waals surface area contributed by atoms with E-state index in [4.69, 9.17) is 5.73 Å². The Hall–Kier alpha value is -1.58. The summed E-state index contributed by atoms with van der Waals surface area (Å²) in [5.74, 6) is 0.124. The average molecular weight is 235 g/mol. The number of nitrogens with two attached hydrogens (primary N) is 1. The summed E-state index contributed by atoms with van der Waals surface area (Å²) in [5, 5.41) is 0. The second-order valence-corrected chi connectivity index (χ2v) is 4.44. The lowest BCUT2D eigenvalue weighted by atomic mass is 10.2. The highest BCUT2D eigenvalue weighted by Gasteiger charge is 2.16. The summed E-state index contributed by atoms with van der Waals surface area (Å²) in [6.07, 6.45) is 2.90. The molecule has 0 aliphatic rings. The van der Waals surface area contributed by atoms with Crippen LogP contribution in [0.1, 0.15) is 32.9 Å². The number of hydrogen-bond donors (Lipinski definition) is 1. The standard InChI is InChI=1S/C13H21N3O/c1-4-7-16(10(2)3)13(17)8-12-6-5-11(14)9-15-12/h5-6,9-10H,4,7-8,14H2,1-3H3. The fourth-order valence-electron chi connectivity index (χ4n) is 1.71. The molecule has 0 fully saturated rings. The van der Waals surface area contributed by atoms with E-state index in [0.29, 0.717) is 12.1 Å². The smallest absolute Gasteiger partial charge is 0.228 e. The Morgan fingerprint density at radius 1 is 1.47 bits per heavy atom. The summed E-state index contributed by atoms with van der Waals surface area (Å²) in [6, 6.07) is 3.81. The number of hydrogen-bond acceptors (Lipinski definition) is 3. The predicted molar refractivity (Wildman–Crippen MR) is 69.5 cm³/mol. The number of pyridine rings is 1. The van der Waals surface area contributed by atoms with Gasteiger partial charge >= 0.3 is 0 Å². The molecule has 0 unspecified atom stereocenters. The van der Waals surface area contributed by atoms with Crippen LogP contribution in [0.2, 0.25) is 0 Å². The molecule has 1 rings (SSSR count). The third-order valence-electron chi connectivity index (χ3n) is 2.59. The molecule has 1 aromatic heterocycles. The quantitative estimate of drug-likeness (QED) is 0.847. The number of carbonyl (C=O) groups excluding carboxylic acids is 1. The van der Waals surface area contributed by atoms with E-state index in [0.717, 1.165) is 18.7 Å². The minimum atomic E-state index is 0.124. The largest absolute Gasteiger partial charge is 0.397 e. The number of nitrogens with zero attached hydrogens (tertiary/aromatic N) is 2. The normalized spacial score (nSPS) is 10.6. The van der Waals surface area contributed by atoms with Gasteiger partial charge in [0, 0.05) is 18.3 Å². The van der Waals surface area contributed by atoms with Gasteiger partial charge in [-0.25, -0.2) is 0 Å². The first-order chi connectivity index (χ1) is 8.04. The van der Waals surface area contributed by atoms with Crippen molar-refractivity contribution in [3.63, 3.8) is 0 Å². The molecule has 4 heteroatoms. The minimum Gasteiger partial charge on any atom is -0.397 e. The molecule has 0 saturated heterocycles. The molecule has 94 valence electrons. The molecule has 0 spiro atoms. The van der Waals surface area contributed by atoms with Crippen molar-refractivity contribution < 1.29 is 4.79 Å². The molecule has 0 aliphatic heterocycles. The number of carbonyl (C=O) groups is 1. The van der Waals surface area contributed by atoms with Crippen molar-refractivity contribution in [2.24, 2.45) is 0 Å². The van der Waals surface area contributed by atoms with Crippen LogP contribution in [0.4, 0.5) is 5.69 Å². The second kappa shape index (κ2) is 6.23. The molecule has 1 amide bonds. The van der Waals surface area contributed by atoms with Crippen molar-refractivity contribution in [1.29, 1.82) is 0 Å². The number of amides is 1. The molecule has 17 heavy (non-hydrogen) atoms. The second-order valence-electron chi connectivity index (χ2n) is 4.44. The zero-order valence-electron chi connectivity index (χ0n) is 10.8. The molecule has 0 aromatic carbocycles. The molecular weight excluding hydrogens is 214 g/mol. The maximum absolute atomic E-state index is 12.1. The van der Waals surface area contributed by atoms with Crippen molar-refractivity contribution >= 4 is 11.6 Å². The van der Waals surface area contributed by atoms with Crippen molar-refractivity contribution in [1.82, 2.24) is 9.88 Å². The molecule has 0 atom stereocenters. The van der Waals surface area contributed by atoms with E-state index < -0.39 is 0 Å². The zero-order chi connectivity index (χ0) is 12.8. The van der Waals surface area contributed by atoms with E-state index in [9.17, 15) is 4.79 Å². The van der Waals surface area contributed by atoms with Crippen LogP contribution in [0, 0.1) is 0 Å². The third kappa shape index (κ3) is 4.06. The van der Waals surface area contributed by atoms with Gasteiger partial charge in [-0.05, 0) is 32.4 Å². The minimum absolute atomic E-state index is 0.124. The molecule has 1 heterocycles. The van der Waals surface area contributed by atoms with Crippen LogP contribution in [0.25, 0.3) is 0 Å². The lowest BCUT2D eigenvalue weighted by Gasteiger charge is -2.26. The molecule has 0 aliphatic carbocycles. The van der Waals surface area contributed by atoms with Gasteiger partial charge in [-0.1, -0.05) is 6.92 Å². The van der Waals surface area contributed by atoms with Crippen LogP contribution in [0.15, 0.2) is 18.3 Å². The highest BCUT2D eigenvalue weighted by molar-refractivity contribution is 5.78. The summed E-state index contributed by atoms with van der Waals surface area (Å²) in [7, 11) is 0. The van der Waals surface area contributed by atoms with Crippen molar-refractivity contribution in [3.8, 4) is 0 Å². The van der Waals surface area contributed by atoms with Crippen LogP contribution >= 0.6 is 0 Å². The van der Waals surface area contributed by atoms with Gasteiger partial charge in [0.15, 0.2) is 0 Å². The average Bonchev–Trinajstić information content (AvgIpc) is 2.28. The highest BCUT2D eigenvalue weighted by Crippen LogP contribution is 2.07. The first-order valence-corrected chi connectivity index (χ1v) is 6.04. The topological polar surface area (TPSA) is 59.2 Å². The van der Waals surface area contributed by atoms with E-state index in [2.05, 4.69) is 11.9 Å². The maximum Gasteiger partial charge on any atom is 0.228 e. The fourth-order valence-corrected chi connectivity index (χ4v) is 1.71. The summed E-state index contributed by atoms with van der Waals surface area (Å²) >= 11 is 0. The summed E-state index contributed by atoms with van der Waals surface area (Å²) in [4.78, 5) is 18.1. The molecule has 2 N–H and O–H groups in total.